The molecule has 3 nitrogen and oxygen atoms in total. The van der Waals surface area contributed by atoms with Crippen molar-refractivity contribution in [1.82, 2.24) is 4.90 Å². The van der Waals surface area contributed by atoms with E-state index in [1.807, 2.05) is 30.3 Å². The molecule has 0 aliphatic carbocycles. The average molecular weight is 347 g/mol. The van der Waals surface area contributed by atoms with E-state index in [1.54, 1.807) is 12.1 Å². The molecule has 1 N–H and O–H groups in total. The summed E-state index contributed by atoms with van der Waals surface area (Å²) in [7, 11) is 0. The molecule has 0 spiro atoms. The molecule has 2 aromatic rings. The number of anilines is 1. The third kappa shape index (κ3) is 4.13. The van der Waals surface area contributed by atoms with Crippen LogP contribution in [0.3, 0.4) is 0 Å². The van der Waals surface area contributed by atoms with Gasteiger partial charge in [0.05, 0.1) is 5.92 Å². The number of nitrogens with one attached hydrogen (secondary N) is 1. The zero-order chi connectivity index (χ0) is 16.9. The topological polar surface area (TPSA) is 32.3 Å². The van der Waals surface area contributed by atoms with Crippen LogP contribution in [0.5, 0.6) is 0 Å². The Hall–Kier alpha value is -1.91. The van der Waals surface area contributed by atoms with Crippen LogP contribution in [0.25, 0.3) is 0 Å². The SMILES string of the molecule is O=C(Nc1ccccc1)C1CCCN(Cc2c(F)cccc2Cl)C1. The van der Waals surface area contributed by atoms with Crippen LogP contribution in [0.1, 0.15) is 18.4 Å². The molecule has 0 saturated carbocycles. The maximum absolute atomic E-state index is 14.0. The van der Waals surface area contributed by atoms with Gasteiger partial charge in [0.15, 0.2) is 0 Å². The van der Waals surface area contributed by atoms with Gasteiger partial charge in [-0.2, -0.15) is 0 Å². The van der Waals surface area contributed by atoms with Crippen LogP contribution in [0.2, 0.25) is 5.02 Å². The molecule has 1 amide bonds. The van der Waals surface area contributed by atoms with E-state index >= 15 is 0 Å². The Balaban J connectivity index is 1.63. The van der Waals surface area contributed by atoms with Crippen LogP contribution in [-0.2, 0) is 11.3 Å². The van der Waals surface area contributed by atoms with Crippen LogP contribution in [0, 0.1) is 11.7 Å². The van der Waals surface area contributed by atoms with Gasteiger partial charge < -0.3 is 5.32 Å². The highest BCUT2D eigenvalue weighted by atomic mass is 35.5. The number of likely N-dealkylation sites (tertiary alicyclic amines) is 1. The van der Waals surface area contributed by atoms with E-state index in [1.165, 1.54) is 6.07 Å². The van der Waals surface area contributed by atoms with Crippen molar-refractivity contribution in [2.75, 3.05) is 18.4 Å². The molecule has 1 aliphatic rings. The van der Waals surface area contributed by atoms with Gasteiger partial charge in [0.1, 0.15) is 5.82 Å². The smallest absolute Gasteiger partial charge is 0.228 e. The molecule has 3 rings (SSSR count). The highest BCUT2D eigenvalue weighted by molar-refractivity contribution is 6.31. The molecule has 5 heteroatoms. The third-order valence-electron chi connectivity index (χ3n) is 4.36. The molecule has 2 aromatic carbocycles. The second-order valence-corrected chi connectivity index (χ2v) is 6.54. The molecule has 0 bridgehead atoms. The third-order valence-corrected chi connectivity index (χ3v) is 4.72. The summed E-state index contributed by atoms with van der Waals surface area (Å²) in [6.45, 7) is 1.89. The molecular formula is C19H20ClFN2O. The highest BCUT2D eigenvalue weighted by Crippen LogP contribution is 2.25. The standard InChI is InChI=1S/C19H20ClFN2O/c20-17-9-4-10-18(21)16(17)13-23-11-5-6-14(12-23)19(24)22-15-7-2-1-3-8-15/h1-4,7-10,14H,5-6,11-13H2,(H,22,24). The summed E-state index contributed by atoms with van der Waals surface area (Å²) in [5.41, 5.74) is 1.31. The molecule has 126 valence electrons. The van der Waals surface area contributed by atoms with E-state index in [4.69, 9.17) is 11.6 Å². The van der Waals surface area contributed by atoms with E-state index in [0.717, 1.165) is 25.1 Å². The maximum Gasteiger partial charge on any atom is 0.228 e. The summed E-state index contributed by atoms with van der Waals surface area (Å²) in [5.74, 6) is -0.367. The number of hydrogen-bond donors (Lipinski definition) is 1. The molecule has 24 heavy (non-hydrogen) atoms. The lowest BCUT2D eigenvalue weighted by molar-refractivity contribution is -0.121. The number of carbonyl (C=O) groups excluding carboxylic acids is 1. The van der Waals surface area contributed by atoms with Gasteiger partial charge in [-0.25, -0.2) is 4.39 Å². The molecule has 1 aliphatic heterocycles. The number of rotatable bonds is 4. The van der Waals surface area contributed by atoms with Gasteiger partial charge in [-0.3, -0.25) is 9.69 Å². The second-order valence-electron chi connectivity index (χ2n) is 6.13. The number of piperidine rings is 1. The number of nitrogens with zero attached hydrogens (tertiary/aromatic N) is 1. The number of benzene rings is 2. The Kier molecular flexibility index (Phi) is 5.48. The first-order valence-corrected chi connectivity index (χ1v) is 8.52. The summed E-state index contributed by atoms with van der Waals surface area (Å²) >= 11 is 6.11. The van der Waals surface area contributed by atoms with Crippen molar-refractivity contribution in [2.24, 2.45) is 5.92 Å². The van der Waals surface area contributed by atoms with Crippen LogP contribution in [0.15, 0.2) is 48.5 Å². The Bertz CT molecular complexity index is 688. The van der Waals surface area contributed by atoms with Gasteiger partial charge in [-0.05, 0) is 43.7 Å². The summed E-state index contributed by atoms with van der Waals surface area (Å²) in [5, 5.41) is 3.39. The average Bonchev–Trinajstić information content (AvgIpc) is 2.59. The molecule has 0 aromatic heterocycles. The summed E-state index contributed by atoms with van der Waals surface area (Å²) < 4.78 is 14.0. The minimum atomic E-state index is -0.293. The van der Waals surface area contributed by atoms with Crippen LogP contribution in [-0.4, -0.2) is 23.9 Å². The number of para-hydroxylation sites is 1. The first kappa shape index (κ1) is 16.9. The Morgan fingerprint density at radius 2 is 2.00 bits per heavy atom. The lowest BCUT2D eigenvalue weighted by Gasteiger charge is -2.32. The van der Waals surface area contributed by atoms with Crippen LogP contribution in [0.4, 0.5) is 10.1 Å². The minimum Gasteiger partial charge on any atom is -0.326 e. The van der Waals surface area contributed by atoms with E-state index in [9.17, 15) is 9.18 Å². The first-order chi connectivity index (χ1) is 11.6. The lowest BCUT2D eigenvalue weighted by atomic mass is 9.96. The fourth-order valence-corrected chi connectivity index (χ4v) is 3.31. The molecule has 1 saturated heterocycles. The van der Waals surface area contributed by atoms with E-state index in [2.05, 4.69) is 10.2 Å². The van der Waals surface area contributed by atoms with Crippen molar-refractivity contribution in [1.29, 1.82) is 0 Å². The van der Waals surface area contributed by atoms with Crippen molar-refractivity contribution < 1.29 is 9.18 Å². The van der Waals surface area contributed by atoms with Crippen molar-refractivity contribution in [3.8, 4) is 0 Å². The summed E-state index contributed by atoms with van der Waals surface area (Å²) in [4.78, 5) is 14.6. The van der Waals surface area contributed by atoms with E-state index in [0.29, 0.717) is 23.7 Å². The first-order valence-electron chi connectivity index (χ1n) is 8.14. The van der Waals surface area contributed by atoms with E-state index in [-0.39, 0.29) is 17.6 Å². The number of carbonyl (C=O) groups is 1. The van der Waals surface area contributed by atoms with Gasteiger partial charge in [-0.15, -0.1) is 0 Å². The van der Waals surface area contributed by atoms with Crippen LogP contribution < -0.4 is 5.32 Å². The van der Waals surface area contributed by atoms with Crippen molar-refractivity contribution in [3.05, 3.63) is 64.9 Å². The van der Waals surface area contributed by atoms with E-state index < -0.39 is 0 Å². The predicted molar refractivity (Wildman–Crippen MR) is 94.5 cm³/mol. The quantitative estimate of drug-likeness (QED) is 0.893. The minimum absolute atomic E-state index is 0.0190. The van der Waals surface area contributed by atoms with Gasteiger partial charge in [0.2, 0.25) is 5.91 Å². The number of halogens is 2. The molecule has 1 heterocycles. The molecule has 1 atom stereocenters. The van der Waals surface area contributed by atoms with Crippen LogP contribution >= 0.6 is 11.6 Å². The summed E-state index contributed by atoms with van der Waals surface area (Å²) in [6.07, 6.45) is 1.76. The monoisotopic (exact) mass is 346 g/mol. The van der Waals surface area contributed by atoms with Crippen molar-refractivity contribution in [3.63, 3.8) is 0 Å². The Labute approximate surface area is 146 Å². The van der Waals surface area contributed by atoms with Gasteiger partial charge in [0, 0.05) is 29.4 Å². The number of hydrogen-bond acceptors (Lipinski definition) is 2. The molecular weight excluding hydrogens is 327 g/mol. The van der Waals surface area contributed by atoms with Gasteiger partial charge >= 0.3 is 0 Å². The normalized spacial score (nSPS) is 18.3. The van der Waals surface area contributed by atoms with Gasteiger partial charge in [-0.1, -0.05) is 35.9 Å². The van der Waals surface area contributed by atoms with Crippen molar-refractivity contribution >= 4 is 23.2 Å². The largest absolute Gasteiger partial charge is 0.326 e. The van der Waals surface area contributed by atoms with Crippen molar-refractivity contribution in [2.45, 2.75) is 19.4 Å². The van der Waals surface area contributed by atoms with Gasteiger partial charge in [0.25, 0.3) is 0 Å². The number of amides is 1. The summed E-state index contributed by atoms with van der Waals surface area (Å²) in [6, 6.07) is 14.2. The molecule has 0 radical (unpaired) electrons. The highest BCUT2D eigenvalue weighted by Gasteiger charge is 2.26. The zero-order valence-electron chi connectivity index (χ0n) is 13.3. The Morgan fingerprint density at radius 1 is 1.21 bits per heavy atom. The Morgan fingerprint density at radius 3 is 2.75 bits per heavy atom. The second kappa shape index (κ2) is 7.77. The zero-order valence-corrected chi connectivity index (χ0v) is 14.1. The fraction of sp³-hybridized carbons (Fsp3) is 0.316. The molecule has 1 unspecified atom stereocenters. The fourth-order valence-electron chi connectivity index (χ4n) is 3.09. The predicted octanol–water partition coefficient (Wildman–Crippen LogP) is 4.33. The maximum atomic E-state index is 14.0. The molecule has 1 fully saturated rings. The lowest BCUT2D eigenvalue weighted by Crippen LogP contribution is -2.40.